The third kappa shape index (κ3) is 4.60. The van der Waals surface area contributed by atoms with Crippen molar-refractivity contribution in [3.63, 3.8) is 0 Å². The molecule has 0 aliphatic rings. The molecular weight excluding hydrogens is 615 g/mol. The average Bonchev–Trinajstić information content (AvgIpc) is 3.77. The summed E-state index contributed by atoms with van der Waals surface area (Å²) in [6.45, 7) is 0. The minimum atomic E-state index is 0.586. The van der Waals surface area contributed by atoms with E-state index < -0.39 is 0 Å². The lowest BCUT2D eigenvalue weighted by molar-refractivity contribution is 0.669. The number of benzene rings is 7. The van der Waals surface area contributed by atoms with E-state index in [-0.39, 0.29) is 0 Å². The summed E-state index contributed by atoms with van der Waals surface area (Å²) in [6.07, 6.45) is 0. The molecule has 0 amide bonds. The lowest BCUT2D eigenvalue weighted by atomic mass is 9.94. The summed E-state index contributed by atoms with van der Waals surface area (Å²) in [5, 5.41) is 4.22. The van der Waals surface area contributed by atoms with Crippen molar-refractivity contribution >= 4 is 43.9 Å². The van der Waals surface area contributed by atoms with E-state index in [0.29, 0.717) is 17.5 Å². The normalized spacial score (nSPS) is 11.6. The van der Waals surface area contributed by atoms with Crippen molar-refractivity contribution in [1.82, 2.24) is 15.0 Å². The summed E-state index contributed by atoms with van der Waals surface area (Å²) >= 11 is 0. The fourth-order valence-electron chi connectivity index (χ4n) is 6.98. The zero-order valence-electron chi connectivity index (χ0n) is 26.7. The number of rotatable bonds is 5. The summed E-state index contributed by atoms with van der Waals surface area (Å²) < 4.78 is 13.3. The van der Waals surface area contributed by atoms with Crippen LogP contribution >= 0.6 is 0 Å². The predicted octanol–water partition coefficient (Wildman–Crippen LogP) is 12.0. The third-order valence-corrected chi connectivity index (χ3v) is 9.36. The molecule has 50 heavy (non-hydrogen) atoms. The zero-order chi connectivity index (χ0) is 33.0. The van der Waals surface area contributed by atoms with E-state index >= 15 is 0 Å². The van der Waals surface area contributed by atoms with Gasteiger partial charge >= 0.3 is 0 Å². The number of hydrogen-bond acceptors (Lipinski definition) is 5. The molecule has 0 saturated heterocycles. The number of para-hydroxylation sites is 2. The maximum Gasteiger partial charge on any atom is 0.164 e. The average molecular weight is 642 g/mol. The van der Waals surface area contributed by atoms with Gasteiger partial charge in [-0.2, -0.15) is 0 Å². The molecule has 0 N–H and O–H groups in total. The molecule has 0 aliphatic carbocycles. The third-order valence-electron chi connectivity index (χ3n) is 9.36. The number of fused-ring (bicyclic) bond motifs is 6. The van der Waals surface area contributed by atoms with Gasteiger partial charge in [0.25, 0.3) is 0 Å². The van der Waals surface area contributed by atoms with Gasteiger partial charge in [0.2, 0.25) is 0 Å². The first-order valence-electron chi connectivity index (χ1n) is 16.6. The second-order valence-corrected chi connectivity index (χ2v) is 12.4. The van der Waals surface area contributed by atoms with Gasteiger partial charge in [-0.05, 0) is 35.4 Å². The van der Waals surface area contributed by atoms with Crippen LogP contribution in [-0.2, 0) is 0 Å². The number of nitrogens with zero attached hydrogens (tertiary/aromatic N) is 3. The summed E-state index contributed by atoms with van der Waals surface area (Å²) in [5.41, 5.74) is 10.3. The molecule has 0 atom stereocenters. The second kappa shape index (κ2) is 11.4. The maximum absolute atomic E-state index is 6.78. The second-order valence-electron chi connectivity index (χ2n) is 12.4. The Hall–Kier alpha value is -6.85. The molecule has 10 rings (SSSR count). The quantitative estimate of drug-likeness (QED) is 0.187. The minimum absolute atomic E-state index is 0.586. The SMILES string of the molecule is c1ccc(-c2nc(-c3ccccc3)nc(-c3ccc4c(c3)oc3c(-c5ccc(-c6ccccc6)c6oc7ccccc7c56)cccc34)n2)cc1. The van der Waals surface area contributed by atoms with Crippen LogP contribution in [0.15, 0.2) is 173 Å². The fourth-order valence-corrected chi connectivity index (χ4v) is 6.98. The summed E-state index contributed by atoms with van der Waals surface area (Å²) in [7, 11) is 0. The summed E-state index contributed by atoms with van der Waals surface area (Å²) in [5.74, 6) is 1.83. The van der Waals surface area contributed by atoms with E-state index in [1.54, 1.807) is 0 Å². The van der Waals surface area contributed by atoms with Gasteiger partial charge in [0.05, 0.1) is 0 Å². The molecule has 0 spiro atoms. The largest absolute Gasteiger partial charge is 0.455 e. The van der Waals surface area contributed by atoms with Crippen molar-refractivity contribution in [3.05, 3.63) is 164 Å². The van der Waals surface area contributed by atoms with Crippen molar-refractivity contribution in [2.45, 2.75) is 0 Å². The van der Waals surface area contributed by atoms with E-state index in [1.807, 2.05) is 84.9 Å². The molecule has 0 radical (unpaired) electrons. The van der Waals surface area contributed by atoms with Crippen molar-refractivity contribution in [1.29, 1.82) is 0 Å². The number of aromatic nitrogens is 3. The molecule has 0 unspecified atom stereocenters. The Bertz CT molecular complexity index is 2800. The highest BCUT2D eigenvalue weighted by atomic mass is 16.3. The molecule has 5 heteroatoms. The molecule has 3 heterocycles. The van der Waals surface area contributed by atoms with E-state index in [0.717, 1.165) is 82.8 Å². The van der Waals surface area contributed by atoms with E-state index in [1.165, 1.54) is 0 Å². The van der Waals surface area contributed by atoms with Gasteiger partial charge in [0.15, 0.2) is 17.5 Å². The van der Waals surface area contributed by atoms with Crippen LogP contribution in [0.25, 0.3) is 100 Å². The van der Waals surface area contributed by atoms with Crippen LogP contribution < -0.4 is 0 Å². The highest BCUT2D eigenvalue weighted by Gasteiger charge is 2.21. The monoisotopic (exact) mass is 641 g/mol. The molecule has 0 fully saturated rings. The standard InChI is InChI=1S/C45H27N3O2/c1-4-13-28(14-5-1)32-25-26-34(40-37-19-10-11-22-38(37)49-42(32)40)36-21-12-20-35-33-24-23-31(27-39(33)50-41(35)36)45-47-43(29-15-6-2-7-16-29)46-44(48-45)30-17-8-3-9-18-30/h1-27H. The summed E-state index contributed by atoms with van der Waals surface area (Å²) in [6, 6.07) is 55.6. The number of hydrogen-bond donors (Lipinski definition) is 0. The molecule has 234 valence electrons. The van der Waals surface area contributed by atoms with Crippen LogP contribution in [-0.4, -0.2) is 15.0 Å². The van der Waals surface area contributed by atoms with Crippen LogP contribution in [0.5, 0.6) is 0 Å². The van der Waals surface area contributed by atoms with E-state index in [9.17, 15) is 0 Å². The van der Waals surface area contributed by atoms with Crippen LogP contribution in [0.1, 0.15) is 0 Å². The van der Waals surface area contributed by atoms with Gasteiger partial charge in [-0.15, -0.1) is 0 Å². The Morgan fingerprint density at radius 1 is 0.320 bits per heavy atom. The maximum atomic E-state index is 6.78. The van der Waals surface area contributed by atoms with Crippen molar-refractivity contribution in [2.75, 3.05) is 0 Å². The molecule has 0 saturated carbocycles. The first-order valence-corrected chi connectivity index (χ1v) is 16.6. The van der Waals surface area contributed by atoms with Gasteiger partial charge in [-0.3, -0.25) is 0 Å². The highest BCUT2D eigenvalue weighted by Crippen LogP contribution is 2.45. The molecule has 5 nitrogen and oxygen atoms in total. The molecule has 3 aromatic heterocycles. The molecule has 0 bridgehead atoms. The Balaban J connectivity index is 1.16. The van der Waals surface area contributed by atoms with Crippen LogP contribution in [0.2, 0.25) is 0 Å². The first-order chi connectivity index (χ1) is 24.8. The lowest BCUT2D eigenvalue weighted by Gasteiger charge is -2.09. The Morgan fingerprint density at radius 3 is 1.58 bits per heavy atom. The zero-order valence-corrected chi connectivity index (χ0v) is 26.7. The Morgan fingerprint density at radius 2 is 0.880 bits per heavy atom. The Kier molecular flexibility index (Phi) is 6.42. The lowest BCUT2D eigenvalue weighted by Crippen LogP contribution is -2.00. The van der Waals surface area contributed by atoms with Gasteiger partial charge < -0.3 is 8.83 Å². The van der Waals surface area contributed by atoms with Gasteiger partial charge in [-0.1, -0.05) is 140 Å². The van der Waals surface area contributed by atoms with Crippen LogP contribution in [0, 0.1) is 0 Å². The minimum Gasteiger partial charge on any atom is -0.455 e. The predicted molar refractivity (Wildman–Crippen MR) is 202 cm³/mol. The topological polar surface area (TPSA) is 65.0 Å². The molecular formula is C45H27N3O2. The smallest absolute Gasteiger partial charge is 0.164 e. The van der Waals surface area contributed by atoms with Gasteiger partial charge in [0.1, 0.15) is 22.3 Å². The number of furan rings is 2. The van der Waals surface area contributed by atoms with Gasteiger partial charge in [0, 0.05) is 49.4 Å². The van der Waals surface area contributed by atoms with Crippen LogP contribution in [0.3, 0.4) is 0 Å². The van der Waals surface area contributed by atoms with Crippen molar-refractivity contribution in [2.24, 2.45) is 0 Å². The molecule has 7 aromatic carbocycles. The molecule has 0 aliphatic heterocycles. The molecule has 10 aromatic rings. The van der Waals surface area contributed by atoms with E-state index in [4.69, 9.17) is 23.8 Å². The van der Waals surface area contributed by atoms with E-state index in [2.05, 4.69) is 78.9 Å². The van der Waals surface area contributed by atoms with Crippen molar-refractivity contribution in [3.8, 4) is 56.4 Å². The van der Waals surface area contributed by atoms with Gasteiger partial charge in [-0.25, -0.2) is 15.0 Å². The fraction of sp³-hybridized carbons (Fsp3) is 0. The van der Waals surface area contributed by atoms with Crippen molar-refractivity contribution < 1.29 is 8.83 Å². The first kappa shape index (κ1) is 28.2. The summed E-state index contributed by atoms with van der Waals surface area (Å²) in [4.78, 5) is 14.7. The Labute approximate surface area is 287 Å². The highest BCUT2D eigenvalue weighted by molar-refractivity contribution is 6.19. The van der Waals surface area contributed by atoms with Crippen LogP contribution in [0.4, 0.5) is 0 Å².